The van der Waals surface area contributed by atoms with Crippen molar-refractivity contribution in [2.45, 2.75) is 71.1 Å². The molecule has 1 heterocycles. The van der Waals surface area contributed by atoms with Gasteiger partial charge in [0.1, 0.15) is 0 Å². The van der Waals surface area contributed by atoms with Gasteiger partial charge in [-0.25, -0.2) is 0 Å². The molecule has 4 nitrogen and oxygen atoms in total. The van der Waals surface area contributed by atoms with Crippen LogP contribution in [0, 0.1) is 17.8 Å². The number of methoxy groups -OCH3 is 1. The van der Waals surface area contributed by atoms with E-state index in [-0.39, 0.29) is 38.9 Å². The fraction of sp³-hybridized carbons (Fsp3) is 0.640. The normalized spacial score (nSPS) is 19.8. The Morgan fingerprint density at radius 1 is 1.30 bits per heavy atom. The van der Waals surface area contributed by atoms with Crippen molar-refractivity contribution in [1.82, 2.24) is 0 Å². The van der Waals surface area contributed by atoms with Gasteiger partial charge in [-0.2, -0.15) is 0 Å². The summed E-state index contributed by atoms with van der Waals surface area (Å²) in [5, 5.41) is 0.951. The molecule has 0 aromatic heterocycles. The van der Waals surface area contributed by atoms with Gasteiger partial charge in [-0.3, -0.25) is 0 Å². The molecule has 0 bridgehead atoms. The first-order valence-electron chi connectivity index (χ1n) is 10.9. The van der Waals surface area contributed by atoms with Crippen molar-refractivity contribution in [2.24, 2.45) is 17.8 Å². The molecule has 1 aliphatic heterocycles. The molecule has 0 unspecified atom stereocenters. The van der Waals surface area contributed by atoms with Crippen LogP contribution in [0.2, 0.25) is 5.32 Å². The van der Waals surface area contributed by atoms with Crippen molar-refractivity contribution in [1.29, 1.82) is 0 Å². The van der Waals surface area contributed by atoms with Gasteiger partial charge in [-0.15, -0.1) is 0 Å². The van der Waals surface area contributed by atoms with E-state index in [0.717, 1.165) is 18.2 Å². The molecule has 0 aliphatic carbocycles. The number of carbonyl (C=O) groups is 1. The molecule has 1 aliphatic rings. The van der Waals surface area contributed by atoms with Gasteiger partial charge in [0.25, 0.3) is 0 Å². The van der Waals surface area contributed by atoms with Crippen LogP contribution in [0.4, 0.5) is 0 Å². The Bertz CT molecular complexity index is 682. The van der Waals surface area contributed by atoms with Crippen LogP contribution in [0.25, 0.3) is 0 Å². The summed E-state index contributed by atoms with van der Waals surface area (Å²) in [7, 11) is 1.69. The molecule has 0 saturated carbocycles. The summed E-state index contributed by atoms with van der Waals surface area (Å²) < 4.78 is 18.9. The van der Waals surface area contributed by atoms with E-state index in [1.165, 1.54) is 10.0 Å². The number of allylic oxidation sites excluding steroid dienone is 2. The number of cyclic esters (lactones) is 1. The monoisotopic (exact) mass is 482 g/mol. The van der Waals surface area contributed by atoms with Gasteiger partial charge in [0.05, 0.1) is 0 Å². The predicted molar refractivity (Wildman–Crippen MR) is 123 cm³/mol. The number of carbonyl (C=O) groups excluding carboxylic acids is 1. The van der Waals surface area contributed by atoms with Gasteiger partial charge in [-0.1, -0.05) is 0 Å². The maximum absolute atomic E-state index is 11.9. The fourth-order valence-corrected chi connectivity index (χ4v) is 6.16. The van der Waals surface area contributed by atoms with E-state index < -0.39 is 5.79 Å². The SMILES string of the molecule is COC(C)(C)O[C@@H](C[Se]c1ccccc1)[C@@H]([C@H]1COC(=O)C1)[C@@H](C)CCC=C(C)C. The zero-order valence-corrected chi connectivity index (χ0v) is 21.1. The fourth-order valence-electron chi connectivity index (χ4n) is 4.07. The van der Waals surface area contributed by atoms with Gasteiger partial charge in [0.2, 0.25) is 0 Å². The molecular formula is C25H38O4Se. The predicted octanol–water partition coefficient (Wildman–Crippen LogP) is 4.76. The molecule has 0 N–H and O–H groups in total. The van der Waals surface area contributed by atoms with E-state index in [2.05, 4.69) is 57.2 Å². The number of rotatable bonds is 12. The first-order chi connectivity index (χ1) is 14.2. The quantitative estimate of drug-likeness (QED) is 0.187. The molecule has 2 rings (SSSR count). The number of ether oxygens (including phenoxy) is 3. The Kier molecular flexibility index (Phi) is 10.1. The molecule has 4 atom stereocenters. The van der Waals surface area contributed by atoms with Gasteiger partial charge < -0.3 is 0 Å². The number of hydrogen-bond donors (Lipinski definition) is 0. The van der Waals surface area contributed by atoms with Gasteiger partial charge in [-0.05, 0) is 0 Å². The van der Waals surface area contributed by atoms with Crippen molar-refractivity contribution < 1.29 is 19.0 Å². The minimum absolute atomic E-state index is 0.0151. The summed E-state index contributed by atoms with van der Waals surface area (Å²) in [6.45, 7) is 11.0. The molecule has 0 spiro atoms. The van der Waals surface area contributed by atoms with Crippen LogP contribution in [-0.4, -0.2) is 46.5 Å². The van der Waals surface area contributed by atoms with E-state index in [0.29, 0.717) is 18.9 Å². The van der Waals surface area contributed by atoms with E-state index >= 15 is 0 Å². The zero-order valence-electron chi connectivity index (χ0n) is 19.4. The van der Waals surface area contributed by atoms with Crippen molar-refractivity contribution in [2.75, 3.05) is 13.7 Å². The molecule has 168 valence electrons. The summed E-state index contributed by atoms with van der Waals surface area (Å²) in [4.78, 5) is 11.9. The number of benzene rings is 1. The Morgan fingerprint density at radius 3 is 2.57 bits per heavy atom. The van der Waals surface area contributed by atoms with Crippen LogP contribution in [0.15, 0.2) is 42.0 Å². The molecule has 0 amide bonds. The molecule has 5 heteroatoms. The Morgan fingerprint density at radius 2 is 2.00 bits per heavy atom. The zero-order chi connectivity index (χ0) is 22.1. The third kappa shape index (κ3) is 8.19. The summed E-state index contributed by atoms with van der Waals surface area (Å²) in [5.41, 5.74) is 1.35. The van der Waals surface area contributed by atoms with Crippen molar-refractivity contribution in [3.8, 4) is 0 Å². The summed E-state index contributed by atoms with van der Waals surface area (Å²) >= 11 is 0.289. The van der Waals surface area contributed by atoms with E-state index in [1.807, 2.05) is 13.8 Å². The third-order valence-electron chi connectivity index (χ3n) is 5.78. The van der Waals surface area contributed by atoms with E-state index in [1.54, 1.807) is 7.11 Å². The molecule has 1 saturated heterocycles. The standard InChI is InChI=1S/C25H38O4Se/c1-18(2)11-10-12-19(3)24(20-15-23(26)28-16-20)22(29-25(4,5)27-6)17-30-21-13-8-7-9-14-21/h7-9,11,13-14,19-20,22,24H,10,12,15-17H2,1-6H3/t19-,20+,22-,24+/m0/s1. The molecular weight excluding hydrogens is 443 g/mol. The van der Waals surface area contributed by atoms with Crippen LogP contribution in [0.3, 0.4) is 0 Å². The molecule has 30 heavy (non-hydrogen) atoms. The van der Waals surface area contributed by atoms with Crippen molar-refractivity contribution >= 4 is 25.4 Å². The van der Waals surface area contributed by atoms with Crippen LogP contribution >= 0.6 is 0 Å². The van der Waals surface area contributed by atoms with Gasteiger partial charge >= 0.3 is 189 Å². The Balaban J connectivity index is 2.24. The van der Waals surface area contributed by atoms with Crippen LogP contribution in [0.5, 0.6) is 0 Å². The molecule has 1 aromatic carbocycles. The average molecular weight is 482 g/mol. The average Bonchev–Trinajstić information content (AvgIpc) is 3.12. The second kappa shape index (κ2) is 12.0. The van der Waals surface area contributed by atoms with Crippen LogP contribution in [-0.2, 0) is 19.0 Å². The Labute approximate surface area is 188 Å². The summed E-state index contributed by atoms with van der Waals surface area (Å²) in [5.74, 6) is 0.119. The van der Waals surface area contributed by atoms with E-state index in [4.69, 9.17) is 14.2 Å². The third-order valence-corrected chi connectivity index (χ3v) is 8.09. The number of esters is 1. The number of hydrogen-bond acceptors (Lipinski definition) is 4. The van der Waals surface area contributed by atoms with Crippen molar-refractivity contribution in [3.63, 3.8) is 0 Å². The minimum atomic E-state index is -0.668. The first kappa shape index (κ1) is 25.1. The van der Waals surface area contributed by atoms with Gasteiger partial charge in [0.15, 0.2) is 0 Å². The molecule has 0 radical (unpaired) electrons. The topological polar surface area (TPSA) is 44.8 Å². The van der Waals surface area contributed by atoms with E-state index in [9.17, 15) is 4.79 Å². The summed E-state index contributed by atoms with van der Waals surface area (Å²) in [6, 6.07) is 10.6. The van der Waals surface area contributed by atoms with Gasteiger partial charge in [0, 0.05) is 0 Å². The van der Waals surface area contributed by atoms with Crippen molar-refractivity contribution in [3.05, 3.63) is 42.0 Å². The molecule has 1 aromatic rings. The maximum atomic E-state index is 11.9. The summed E-state index contributed by atoms with van der Waals surface area (Å²) in [6.07, 6.45) is 4.93. The Hall–Kier alpha value is -1.13. The van der Waals surface area contributed by atoms with Crippen LogP contribution in [0.1, 0.15) is 53.9 Å². The molecule has 1 fully saturated rings. The second-order valence-corrected chi connectivity index (χ2v) is 11.2. The second-order valence-electron chi connectivity index (χ2n) is 8.94. The van der Waals surface area contributed by atoms with Crippen LogP contribution < -0.4 is 4.46 Å². The first-order valence-corrected chi connectivity index (χ1v) is 13.0.